The highest BCUT2D eigenvalue weighted by Crippen LogP contribution is 2.26. The Morgan fingerprint density at radius 2 is 2.06 bits per heavy atom. The van der Waals surface area contributed by atoms with Crippen LogP contribution in [0.2, 0.25) is 0 Å². The first-order valence-corrected chi connectivity index (χ1v) is 5.79. The molecular weight excluding hydrogens is 202 g/mol. The van der Waals surface area contributed by atoms with Crippen molar-refractivity contribution in [3.63, 3.8) is 0 Å². The Hall–Kier alpha value is -1.52. The number of nitrogen functional groups attached to an aromatic ring is 1. The molecule has 2 aromatic heterocycles. The van der Waals surface area contributed by atoms with Gasteiger partial charge in [-0.2, -0.15) is 5.10 Å². The van der Waals surface area contributed by atoms with Crippen LogP contribution < -0.4 is 5.73 Å². The zero-order valence-corrected chi connectivity index (χ0v) is 10.4. The monoisotopic (exact) mass is 221 g/mol. The highest BCUT2D eigenvalue weighted by atomic mass is 15.4. The van der Waals surface area contributed by atoms with Gasteiger partial charge in [0, 0.05) is 13.1 Å². The Balaban J connectivity index is 2.73. The maximum atomic E-state index is 5.98. The molecule has 1 atom stereocenters. The Kier molecular flexibility index (Phi) is 2.61. The predicted octanol–water partition coefficient (Wildman–Crippen LogP) is 1.89. The molecule has 0 aliphatic heterocycles. The molecule has 5 nitrogen and oxygen atoms in total. The van der Waals surface area contributed by atoms with Gasteiger partial charge in [-0.3, -0.25) is 9.25 Å². The summed E-state index contributed by atoms with van der Waals surface area (Å²) in [4.78, 5) is 4.43. The number of imidazole rings is 1. The van der Waals surface area contributed by atoms with Gasteiger partial charge in [0.1, 0.15) is 5.52 Å². The van der Waals surface area contributed by atoms with Crippen LogP contribution in [-0.4, -0.2) is 19.3 Å². The molecule has 88 valence electrons. The number of aromatic nitrogens is 4. The van der Waals surface area contributed by atoms with Crippen molar-refractivity contribution in [2.75, 3.05) is 5.73 Å². The second-order valence-corrected chi connectivity index (χ2v) is 4.19. The zero-order chi connectivity index (χ0) is 11.9. The first-order chi connectivity index (χ1) is 7.60. The summed E-state index contributed by atoms with van der Waals surface area (Å²) in [5, 5.41) is 4.46. The fraction of sp³-hybridized carbons (Fsp3) is 0.636. The fourth-order valence-corrected chi connectivity index (χ4v) is 2.07. The molecule has 2 heterocycles. The van der Waals surface area contributed by atoms with Crippen molar-refractivity contribution in [1.82, 2.24) is 19.3 Å². The fourth-order valence-electron chi connectivity index (χ4n) is 2.07. The number of nitrogens with two attached hydrogens (primary N) is 1. The molecule has 0 saturated carbocycles. The predicted molar refractivity (Wildman–Crippen MR) is 65.3 cm³/mol. The molecule has 16 heavy (non-hydrogen) atoms. The lowest BCUT2D eigenvalue weighted by Gasteiger charge is -2.13. The Labute approximate surface area is 95.3 Å². The maximum absolute atomic E-state index is 5.98. The van der Waals surface area contributed by atoms with Crippen molar-refractivity contribution < 1.29 is 0 Å². The largest absolute Gasteiger partial charge is 0.369 e. The van der Waals surface area contributed by atoms with E-state index in [1.165, 1.54) is 0 Å². The summed E-state index contributed by atoms with van der Waals surface area (Å²) in [6, 6.07) is 0.352. The summed E-state index contributed by atoms with van der Waals surface area (Å²) in [6.07, 6.45) is 1.91. The van der Waals surface area contributed by atoms with Gasteiger partial charge in [0.05, 0.1) is 5.69 Å². The van der Waals surface area contributed by atoms with Gasteiger partial charge in [-0.15, -0.1) is 0 Å². The number of aryl methyl sites for hydroxylation is 2. The molecule has 1 unspecified atom stereocenters. The van der Waals surface area contributed by atoms with Crippen molar-refractivity contribution in [3.05, 3.63) is 5.69 Å². The summed E-state index contributed by atoms with van der Waals surface area (Å²) in [6.45, 7) is 6.38. The van der Waals surface area contributed by atoms with Gasteiger partial charge in [-0.05, 0) is 19.8 Å². The zero-order valence-electron chi connectivity index (χ0n) is 10.4. The van der Waals surface area contributed by atoms with Crippen LogP contribution in [0.3, 0.4) is 0 Å². The minimum atomic E-state index is 0.352. The van der Waals surface area contributed by atoms with E-state index < -0.39 is 0 Å². The Morgan fingerprint density at radius 1 is 1.38 bits per heavy atom. The van der Waals surface area contributed by atoms with Crippen molar-refractivity contribution >= 4 is 17.1 Å². The van der Waals surface area contributed by atoms with Crippen LogP contribution >= 0.6 is 0 Å². The number of fused-ring (bicyclic) bond motifs is 1. The summed E-state index contributed by atoms with van der Waals surface area (Å²) in [7, 11) is 1.95. The average molecular weight is 221 g/mol. The third kappa shape index (κ3) is 1.38. The first-order valence-electron chi connectivity index (χ1n) is 5.79. The summed E-state index contributed by atoms with van der Waals surface area (Å²) < 4.78 is 3.95. The van der Waals surface area contributed by atoms with E-state index in [9.17, 15) is 0 Å². The quantitative estimate of drug-likeness (QED) is 0.860. The Morgan fingerprint density at radius 3 is 2.62 bits per heavy atom. The molecule has 2 aromatic rings. The molecular formula is C11H19N5. The molecule has 0 fully saturated rings. The van der Waals surface area contributed by atoms with E-state index in [1.54, 1.807) is 0 Å². The van der Waals surface area contributed by atoms with E-state index in [1.807, 2.05) is 11.7 Å². The van der Waals surface area contributed by atoms with Crippen LogP contribution in [0.5, 0.6) is 0 Å². The highest BCUT2D eigenvalue weighted by Gasteiger charge is 2.19. The molecule has 0 spiro atoms. The maximum Gasteiger partial charge on any atom is 0.202 e. The minimum absolute atomic E-state index is 0.352. The van der Waals surface area contributed by atoms with E-state index in [-0.39, 0.29) is 0 Å². The average Bonchev–Trinajstić information content (AvgIpc) is 2.75. The van der Waals surface area contributed by atoms with E-state index in [4.69, 9.17) is 5.73 Å². The number of nitrogens with zero attached hydrogens (tertiary/aromatic N) is 4. The van der Waals surface area contributed by atoms with Crippen LogP contribution in [0.25, 0.3) is 11.2 Å². The topological polar surface area (TPSA) is 61.7 Å². The van der Waals surface area contributed by atoms with Gasteiger partial charge < -0.3 is 5.73 Å². The minimum Gasteiger partial charge on any atom is -0.369 e. The summed E-state index contributed by atoms with van der Waals surface area (Å²) in [5.41, 5.74) is 8.98. The summed E-state index contributed by atoms with van der Waals surface area (Å²) >= 11 is 0. The third-order valence-electron chi connectivity index (χ3n) is 3.13. The van der Waals surface area contributed by atoms with Gasteiger partial charge in [0.15, 0.2) is 5.65 Å². The number of anilines is 1. The van der Waals surface area contributed by atoms with E-state index in [0.717, 1.165) is 29.7 Å². The number of hydrogen-bond donors (Lipinski definition) is 1. The normalized spacial score (nSPS) is 13.5. The van der Waals surface area contributed by atoms with Gasteiger partial charge in [-0.25, -0.2) is 4.98 Å². The molecule has 0 radical (unpaired) electrons. The molecule has 2 N–H and O–H groups in total. The van der Waals surface area contributed by atoms with Crippen molar-refractivity contribution in [2.45, 2.75) is 39.7 Å². The lowest BCUT2D eigenvalue weighted by molar-refractivity contribution is 0.538. The molecule has 0 aromatic carbocycles. The van der Waals surface area contributed by atoms with Gasteiger partial charge in [0.2, 0.25) is 5.95 Å². The lowest BCUT2D eigenvalue weighted by Crippen LogP contribution is -2.10. The standard InChI is InChI=1S/C11H19N5/c1-5-7(3)16-10-9(13-11(16)12)8(6-2)14-15(10)4/h7H,5-6H2,1-4H3,(H2,12,13). The second kappa shape index (κ2) is 3.81. The molecule has 0 amide bonds. The van der Waals surface area contributed by atoms with Crippen LogP contribution in [0, 0.1) is 0 Å². The Bertz CT molecular complexity index is 508. The number of hydrogen-bond acceptors (Lipinski definition) is 3. The van der Waals surface area contributed by atoms with Gasteiger partial charge in [0.25, 0.3) is 0 Å². The molecule has 0 saturated heterocycles. The van der Waals surface area contributed by atoms with E-state index >= 15 is 0 Å². The SMILES string of the molecule is CCc1nn(C)c2c1nc(N)n2C(C)CC. The van der Waals surface area contributed by atoms with Crippen LogP contribution in [-0.2, 0) is 13.5 Å². The van der Waals surface area contributed by atoms with Gasteiger partial charge >= 0.3 is 0 Å². The van der Waals surface area contributed by atoms with E-state index in [2.05, 4.69) is 35.4 Å². The third-order valence-corrected chi connectivity index (χ3v) is 3.13. The van der Waals surface area contributed by atoms with Gasteiger partial charge in [-0.1, -0.05) is 13.8 Å². The van der Waals surface area contributed by atoms with Crippen LogP contribution in [0.1, 0.15) is 38.9 Å². The van der Waals surface area contributed by atoms with Crippen molar-refractivity contribution in [2.24, 2.45) is 7.05 Å². The van der Waals surface area contributed by atoms with Crippen molar-refractivity contribution in [1.29, 1.82) is 0 Å². The highest BCUT2D eigenvalue weighted by molar-refractivity contribution is 5.77. The molecule has 5 heteroatoms. The first kappa shape index (κ1) is 11.0. The number of rotatable bonds is 3. The molecule has 0 aliphatic rings. The van der Waals surface area contributed by atoms with Crippen LogP contribution in [0.15, 0.2) is 0 Å². The molecule has 0 aliphatic carbocycles. The molecule has 2 rings (SSSR count). The van der Waals surface area contributed by atoms with Crippen LogP contribution in [0.4, 0.5) is 5.95 Å². The second-order valence-electron chi connectivity index (χ2n) is 4.19. The van der Waals surface area contributed by atoms with E-state index in [0.29, 0.717) is 12.0 Å². The van der Waals surface area contributed by atoms with Crippen molar-refractivity contribution in [3.8, 4) is 0 Å². The summed E-state index contributed by atoms with van der Waals surface area (Å²) in [5.74, 6) is 0.590. The smallest absolute Gasteiger partial charge is 0.202 e. The lowest BCUT2D eigenvalue weighted by atomic mass is 10.2. The molecule has 0 bridgehead atoms.